The first-order valence-corrected chi connectivity index (χ1v) is 5.91. The first-order chi connectivity index (χ1) is 6.72. The van der Waals surface area contributed by atoms with Gasteiger partial charge >= 0.3 is 0 Å². The summed E-state index contributed by atoms with van der Waals surface area (Å²) in [5.41, 5.74) is 0. The molecule has 1 rings (SSSR count). The van der Waals surface area contributed by atoms with E-state index in [2.05, 4.69) is 27.8 Å². The number of Topliss-reactive ketones (excluding diaryl/α,β-unsaturated/α-hetero) is 1. The zero-order chi connectivity index (χ0) is 10.4. The van der Waals surface area contributed by atoms with E-state index in [9.17, 15) is 4.79 Å². The van der Waals surface area contributed by atoms with E-state index in [0.717, 1.165) is 8.66 Å². The average Bonchev–Trinajstić information content (AvgIpc) is 2.52. The Balaban J connectivity index is 2.30. The summed E-state index contributed by atoms with van der Waals surface area (Å²) in [7, 11) is 0. The summed E-state index contributed by atoms with van der Waals surface area (Å²) in [6.45, 7) is 4.67. The molecule has 1 aromatic heterocycles. The molecule has 4 heteroatoms. The Morgan fingerprint density at radius 3 is 3.00 bits per heavy atom. The van der Waals surface area contributed by atoms with Gasteiger partial charge in [0.25, 0.3) is 0 Å². The first-order valence-electron chi connectivity index (χ1n) is 4.30. The van der Waals surface area contributed by atoms with Gasteiger partial charge in [-0.2, -0.15) is 0 Å². The molecule has 14 heavy (non-hydrogen) atoms. The minimum Gasteiger partial charge on any atom is -0.307 e. The van der Waals surface area contributed by atoms with Crippen molar-refractivity contribution in [2.75, 3.05) is 13.1 Å². The van der Waals surface area contributed by atoms with Crippen LogP contribution in [0.5, 0.6) is 0 Å². The molecule has 0 aliphatic rings. The number of carbonyl (C=O) groups is 1. The maximum absolute atomic E-state index is 11.4. The Morgan fingerprint density at radius 2 is 2.43 bits per heavy atom. The molecule has 1 aromatic rings. The van der Waals surface area contributed by atoms with Crippen molar-refractivity contribution in [1.82, 2.24) is 5.32 Å². The van der Waals surface area contributed by atoms with Gasteiger partial charge in [-0.3, -0.25) is 4.79 Å². The number of rotatable bonds is 6. The second-order valence-electron chi connectivity index (χ2n) is 2.84. The molecule has 0 radical (unpaired) electrons. The largest absolute Gasteiger partial charge is 0.307 e. The summed E-state index contributed by atoms with van der Waals surface area (Å²) >= 11 is 4.97. The van der Waals surface area contributed by atoms with Crippen molar-refractivity contribution in [3.05, 3.63) is 33.5 Å². The van der Waals surface area contributed by atoms with Crippen molar-refractivity contribution in [3.8, 4) is 0 Å². The van der Waals surface area contributed by atoms with Crippen molar-refractivity contribution in [1.29, 1.82) is 0 Å². The van der Waals surface area contributed by atoms with E-state index in [1.54, 1.807) is 17.4 Å². The molecule has 0 saturated heterocycles. The van der Waals surface area contributed by atoms with Crippen LogP contribution >= 0.6 is 27.3 Å². The fraction of sp³-hybridized carbons (Fsp3) is 0.300. The van der Waals surface area contributed by atoms with E-state index in [1.165, 1.54) is 0 Å². The number of hydrogen-bond acceptors (Lipinski definition) is 3. The van der Waals surface area contributed by atoms with Crippen LogP contribution in [-0.2, 0) is 11.2 Å². The highest BCUT2D eigenvalue weighted by molar-refractivity contribution is 9.11. The van der Waals surface area contributed by atoms with Crippen molar-refractivity contribution in [2.24, 2.45) is 0 Å². The normalized spacial score (nSPS) is 10.1. The lowest BCUT2D eigenvalue weighted by Crippen LogP contribution is -2.23. The van der Waals surface area contributed by atoms with Gasteiger partial charge in [0, 0.05) is 17.8 Å². The molecule has 2 nitrogen and oxygen atoms in total. The molecular formula is C10H12BrNOS. The number of ketones is 1. The summed E-state index contributed by atoms with van der Waals surface area (Å²) in [5, 5.41) is 2.99. The molecule has 0 amide bonds. The summed E-state index contributed by atoms with van der Waals surface area (Å²) in [6.07, 6.45) is 2.26. The van der Waals surface area contributed by atoms with E-state index in [4.69, 9.17) is 0 Å². The summed E-state index contributed by atoms with van der Waals surface area (Å²) in [4.78, 5) is 12.5. The van der Waals surface area contributed by atoms with E-state index in [1.807, 2.05) is 12.1 Å². The van der Waals surface area contributed by atoms with Gasteiger partial charge in [0.05, 0.1) is 10.3 Å². The third-order valence-corrected chi connectivity index (χ3v) is 3.23. The molecular weight excluding hydrogens is 262 g/mol. The standard InChI is InChI=1S/C10H12BrNOS/c1-2-5-12-7-8(13)6-9-3-4-10(11)14-9/h2-4,12H,1,5-7H2. The predicted molar refractivity (Wildman–Crippen MR) is 63.8 cm³/mol. The molecule has 1 heterocycles. The molecule has 0 fully saturated rings. The smallest absolute Gasteiger partial charge is 0.151 e. The zero-order valence-electron chi connectivity index (χ0n) is 7.75. The van der Waals surface area contributed by atoms with Gasteiger partial charge < -0.3 is 5.32 Å². The van der Waals surface area contributed by atoms with E-state index in [-0.39, 0.29) is 5.78 Å². The maximum atomic E-state index is 11.4. The van der Waals surface area contributed by atoms with Gasteiger partial charge in [0.2, 0.25) is 0 Å². The molecule has 0 aliphatic heterocycles. The van der Waals surface area contributed by atoms with E-state index in [0.29, 0.717) is 19.5 Å². The van der Waals surface area contributed by atoms with Gasteiger partial charge in [0.1, 0.15) is 0 Å². The Hall–Kier alpha value is -0.450. The van der Waals surface area contributed by atoms with Gasteiger partial charge in [-0.1, -0.05) is 6.08 Å². The summed E-state index contributed by atoms with van der Waals surface area (Å²) < 4.78 is 1.07. The van der Waals surface area contributed by atoms with Crippen LogP contribution in [0.2, 0.25) is 0 Å². The highest BCUT2D eigenvalue weighted by Gasteiger charge is 2.04. The zero-order valence-corrected chi connectivity index (χ0v) is 10.2. The van der Waals surface area contributed by atoms with Crippen molar-refractivity contribution in [3.63, 3.8) is 0 Å². The monoisotopic (exact) mass is 273 g/mol. The molecule has 76 valence electrons. The minimum atomic E-state index is 0.209. The summed E-state index contributed by atoms with van der Waals surface area (Å²) in [5.74, 6) is 0.209. The Kier molecular flexibility index (Phi) is 5.07. The first kappa shape index (κ1) is 11.6. The molecule has 1 N–H and O–H groups in total. The van der Waals surface area contributed by atoms with E-state index < -0.39 is 0 Å². The minimum absolute atomic E-state index is 0.209. The lowest BCUT2D eigenvalue weighted by molar-refractivity contribution is -0.117. The van der Waals surface area contributed by atoms with Crippen LogP contribution in [0.15, 0.2) is 28.6 Å². The van der Waals surface area contributed by atoms with Crippen LogP contribution in [0.25, 0.3) is 0 Å². The van der Waals surface area contributed by atoms with E-state index >= 15 is 0 Å². The predicted octanol–water partition coefficient (Wildman–Crippen LogP) is 2.40. The molecule has 0 saturated carbocycles. The van der Waals surface area contributed by atoms with Crippen LogP contribution in [0.1, 0.15) is 4.88 Å². The highest BCUT2D eigenvalue weighted by Crippen LogP contribution is 2.22. The quantitative estimate of drug-likeness (QED) is 0.637. The van der Waals surface area contributed by atoms with Crippen LogP contribution in [-0.4, -0.2) is 18.9 Å². The number of halogens is 1. The number of carbonyl (C=O) groups excluding carboxylic acids is 1. The fourth-order valence-electron chi connectivity index (χ4n) is 1.02. The second-order valence-corrected chi connectivity index (χ2v) is 5.39. The molecule has 0 unspecified atom stereocenters. The lowest BCUT2D eigenvalue weighted by atomic mass is 10.2. The SMILES string of the molecule is C=CCNCC(=O)Cc1ccc(Br)s1. The Morgan fingerprint density at radius 1 is 1.64 bits per heavy atom. The molecule has 0 atom stereocenters. The maximum Gasteiger partial charge on any atom is 0.151 e. The average molecular weight is 274 g/mol. The summed E-state index contributed by atoms with van der Waals surface area (Å²) in [6, 6.07) is 3.94. The topological polar surface area (TPSA) is 29.1 Å². The fourth-order valence-corrected chi connectivity index (χ4v) is 2.53. The van der Waals surface area contributed by atoms with Crippen LogP contribution in [0.4, 0.5) is 0 Å². The number of hydrogen-bond donors (Lipinski definition) is 1. The molecule has 0 spiro atoms. The lowest BCUT2D eigenvalue weighted by Gasteiger charge is -1.99. The Labute approximate surface area is 96.2 Å². The third kappa shape index (κ3) is 4.17. The van der Waals surface area contributed by atoms with Gasteiger partial charge in [-0.25, -0.2) is 0 Å². The molecule has 0 bridgehead atoms. The Bertz CT molecular complexity index is 322. The van der Waals surface area contributed by atoms with Crippen molar-refractivity contribution in [2.45, 2.75) is 6.42 Å². The van der Waals surface area contributed by atoms with Gasteiger partial charge in [-0.05, 0) is 28.1 Å². The third-order valence-electron chi connectivity index (χ3n) is 1.61. The molecule has 0 aromatic carbocycles. The van der Waals surface area contributed by atoms with Crippen LogP contribution < -0.4 is 5.32 Å². The van der Waals surface area contributed by atoms with Crippen LogP contribution in [0, 0.1) is 0 Å². The van der Waals surface area contributed by atoms with Gasteiger partial charge in [0.15, 0.2) is 5.78 Å². The van der Waals surface area contributed by atoms with Crippen molar-refractivity contribution < 1.29 is 4.79 Å². The van der Waals surface area contributed by atoms with Crippen molar-refractivity contribution >= 4 is 33.0 Å². The van der Waals surface area contributed by atoms with Gasteiger partial charge in [-0.15, -0.1) is 17.9 Å². The van der Waals surface area contributed by atoms with Crippen LogP contribution in [0.3, 0.4) is 0 Å². The highest BCUT2D eigenvalue weighted by atomic mass is 79.9. The molecule has 0 aliphatic carbocycles. The number of nitrogens with one attached hydrogen (secondary N) is 1. The second kappa shape index (κ2) is 6.11. The number of thiophene rings is 1.